The molecule has 0 fully saturated rings. The van der Waals surface area contributed by atoms with Crippen molar-refractivity contribution >= 4 is 16.7 Å². The van der Waals surface area contributed by atoms with Crippen molar-refractivity contribution in [3.05, 3.63) is 58.7 Å². The molecule has 0 radical (unpaired) electrons. The normalized spacial score (nSPS) is 11.1. The number of nitrogens with one attached hydrogen (secondary N) is 2. The van der Waals surface area contributed by atoms with Crippen LogP contribution in [0, 0.1) is 19.7 Å². The minimum Gasteiger partial charge on any atom is -0.365 e. The number of halogens is 1. The van der Waals surface area contributed by atoms with E-state index in [0.29, 0.717) is 6.54 Å². The van der Waals surface area contributed by atoms with Crippen molar-refractivity contribution in [2.24, 2.45) is 0 Å². The summed E-state index contributed by atoms with van der Waals surface area (Å²) in [6, 6.07) is 6.55. The van der Waals surface area contributed by atoms with Crippen molar-refractivity contribution in [1.82, 2.24) is 9.97 Å². The maximum atomic E-state index is 13.0. The van der Waals surface area contributed by atoms with E-state index in [1.807, 2.05) is 6.20 Å². The summed E-state index contributed by atoms with van der Waals surface area (Å²) in [5.41, 5.74) is 5.87. The summed E-state index contributed by atoms with van der Waals surface area (Å²) >= 11 is 0. The van der Waals surface area contributed by atoms with Crippen LogP contribution in [-0.4, -0.2) is 9.97 Å². The van der Waals surface area contributed by atoms with Gasteiger partial charge in [0.2, 0.25) is 0 Å². The second-order valence-electron chi connectivity index (χ2n) is 5.99. The van der Waals surface area contributed by atoms with Crippen LogP contribution in [0.3, 0.4) is 0 Å². The Morgan fingerprint density at radius 2 is 1.91 bits per heavy atom. The number of pyridine rings is 1. The molecule has 0 aliphatic carbocycles. The zero-order chi connectivity index (χ0) is 16.4. The Hall–Kier alpha value is -2.36. The molecule has 0 aliphatic heterocycles. The van der Waals surface area contributed by atoms with Gasteiger partial charge in [-0.1, -0.05) is 25.5 Å². The van der Waals surface area contributed by atoms with E-state index in [2.05, 4.69) is 36.1 Å². The van der Waals surface area contributed by atoms with Gasteiger partial charge in [-0.3, -0.25) is 0 Å². The van der Waals surface area contributed by atoms with Crippen LogP contribution in [0.25, 0.3) is 10.9 Å². The van der Waals surface area contributed by atoms with E-state index >= 15 is 0 Å². The molecule has 120 valence electrons. The lowest BCUT2D eigenvalue weighted by Crippen LogP contribution is -2.03. The molecule has 3 nitrogen and oxygen atoms in total. The number of nitrogens with zero attached hydrogens (tertiary/aromatic N) is 1. The van der Waals surface area contributed by atoms with E-state index in [1.54, 1.807) is 12.1 Å². The maximum Gasteiger partial charge on any atom is 0.135 e. The summed E-state index contributed by atoms with van der Waals surface area (Å²) in [5, 5.41) is 4.56. The van der Waals surface area contributed by atoms with Gasteiger partial charge in [0.15, 0.2) is 0 Å². The molecule has 0 aliphatic rings. The van der Waals surface area contributed by atoms with E-state index in [1.165, 1.54) is 34.5 Å². The molecular weight excluding hydrogens is 289 g/mol. The maximum absolute atomic E-state index is 13.0. The molecule has 23 heavy (non-hydrogen) atoms. The Balaban J connectivity index is 1.94. The zero-order valence-electron chi connectivity index (χ0n) is 13.8. The molecule has 2 heterocycles. The predicted molar refractivity (Wildman–Crippen MR) is 93.3 cm³/mol. The fourth-order valence-electron chi connectivity index (χ4n) is 2.91. The third-order valence-electron chi connectivity index (χ3n) is 4.30. The van der Waals surface area contributed by atoms with Crippen LogP contribution in [-0.2, 0) is 13.0 Å². The topological polar surface area (TPSA) is 40.7 Å². The average molecular weight is 311 g/mol. The Bertz CT molecular complexity index is 819. The molecular formula is C19H22FN3. The molecule has 0 saturated heterocycles. The van der Waals surface area contributed by atoms with Crippen molar-refractivity contribution in [2.45, 2.75) is 40.2 Å². The van der Waals surface area contributed by atoms with Crippen LogP contribution in [0.5, 0.6) is 0 Å². The second kappa shape index (κ2) is 6.41. The number of benzene rings is 1. The van der Waals surface area contributed by atoms with Gasteiger partial charge in [-0.25, -0.2) is 9.37 Å². The summed E-state index contributed by atoms with van der Waals surface area (Å²) in [7, 11) is 0. The first-order chi connectivity index (χ1) is 11.1. The van der Waals surface area contributed by atoms with Crippen LogP contribution in [0.4, 0.5) is 10.2 Å². The highest BCUT2D eigenvalue weighted by atomic mass is 19.1. The fraction of sp³-hybridized carbons (Fsp3) is 0.316. The van der Waals surface area contributed by atoms with Crippen molar-refractivity contribution in [3.8, 4) is 0 Å². The summed E-state index contributed by atoms with van der Waals surface area (Å²) in [6.45, 7) is 7.01. The van der Waals surface area contributed by atoms with Gasteiger partial charge >= 0.3 is 0 Å². The van der Waals surface area contributed by atoms with Crippen molar-refractivity contribution in [2.75, 3.05) is 5.32 Å². The Kier molecular flexibility index (Phi) is 4.33. The number of fused-ring (bicyclic) bond motifs is 1. The number of rotatable bonds is 5. The monoisotopic (exact) mass is 311 g/mol. The lowest BCUT2D eigenvalue weighted by atomic mass is 10.1. The van der Waals surface area contributed by atoms with E-state index in [-0.39, 0.29) is 5.82 Å². The first-order valence-electron chi connectivity index (χ1n) is 8.05. The third kappa shape index (κ3) is 3.07. The third-order valence-corrected chi connectivity index (χ3v) is 4.30. The molecule has 1 aromatic carbocycles. The van der Waals surface area contributed by atoms with Crippen molar-refractivity contribution in [1.29, 1.82) is 0 Å². The molecule has 0 unspecified atom stereocenters. The molecule has 2 aromatic heterocycles. The Labute approximate surface area is 136 Å². The van der Waals surface area contributed by atoms with Crippen LogP contribution < -0.4 is 5.32 Å². The highest BCUT2D eigenvalue weighted by Gasteiger charge is 2.13. The summed E-state index contributed by atoms with van der Waals surface area (Å²) in [5.74, 6) is 0.668. The number of hydrogen-bond donors (Lipinski definition) is 2. The second-order valence-corrected chi connectivity index (χ2v) is 5.99. The summed E-state index contributed by atoms with van der Waals surface area (Å²) in [6.07, 6.45) is 4.06. The molecule has 3 rings (SSSR count). The van der Waals surface area contributed by atoms with E-state index in [0.717, 1.165) is 29.6 Å². The molecule has 0 amide bonds. The largest absolute Gasteiger partial charge is 0.365 e. The number of H-pyrrole nitrogens is 1. The predicted octanol–water partition coefficient (Wildman–Crippen LogP) is 4.88. The van der Waals surface area contributed by atoms with Gasteiger partial charge < -0.3 is 10.3 Å². The number of hydrogen-bond acceptors (Lipinski definition) is 2. The van der Waals surface area contributed by atoms with Gasteiger partial charge in [0, 0.05) is 23.8 Å². The SMILES string of the molecule is CCCc1cnc(NCc2ccc(F)cc2)c2c(C)c(C)[nH]c12. The highest BCUT2D eigenvalue weighted by Crippen LogP contribution is 2.30. The first kappa shape index (κ1) is 15.5. The van der Waals surface area contributed by atoms with Gasteiger partial charge in [0.25, 0.3) is 0 Å². The number of aryl methyl sites for hydroxylation is 3. The van der Waals surface area contributed by atoms with Gasteiger partial charge in [0.05, 0.1) is 5.52 Å². The van der Waals surface area contributed by atoms with Gasteiger partial charge in [-0.15, -0.1) is 0 Å². The van der Waals surface area contributed by atoms with Crippen molar-refractivity contribution in [3.63, 3.8) is 0 Å². The first-order valence-corrected chi connectivity index (χ1v) is 8.05. The molecule has 4 heteroatoms. The molecule has 0 spiro atoms. The van der Waals surface area contributed by atoms with E-state index in [4.69, 9.17) is 0 Å². The zero-order valence-corrected chi connectivity index (χ0v) is 13.8. The quantitative estimate of drug-likeness (QED) is 0.705. The molecule has 0 atom stereocenters. The fourth-order valence-corrected chi connectivity index (χ4v) is 2.91. The van der Waals surface area contributed by atoms with Gasteiger partial charge in [-0.2, -0.15) is 0 Å². The van der Waals surface area contributed by atoms with Gasteiger partial charge in [-0.05, 0) is 49.1 Å². The van der Waals surface area contributed by atoms with Crippen LogP contribution >= 0.6 is 0 Å². The van der Waals surface area contributed by atoms with Gasteiger partial charge in [0.1, 0.15) is 11.6 Å². The summed E-state index contributed by atoms with van der Waals surface area (Å²) < 4.78 is 13.0. The Morgan fingerprint density at radius 3 is 2.61 bits per heavy atom. The lowest BCUT2D eigenvalue weighted by molar-refractivity contribution is 0.627. The Morgan fingerprint density at radius 1 is 1.17 bits per heavy atom. The number of aromatic nitrogens is 2. The van der Waals surface area contributed by atoms with Crippen LogP contribution in [0.2, 0.25) is 0 Å². The average Bonchev–Trinajstić information content (AvgIpc) is 2.85. The van der Waals surface area contributed by atoms with Crippen LogP contribution in [0.1, 0.15) is 35.7 Å². The number of aromatic amines is 1. The molecule has 0 saturated carbocycles. The van der Waals surface area contributed by atoms with E-state index < -0.39 is 0 Å². The minimum atomic E-state index is -0.213. The van der Waals surface area contributed by atoms with Crippen LogP contribution in [0.15, 0.2) is 30.5 Å². The van der Waals surface area contributed by atoms with Crippen molar-refractivity contribution < 1.29 is 4.39 Å². The van der Waals surface area contributed by atoms with E-state index in [9.17, 15) is 4.39 Å². The summed E-state index contributed by atoms with van der Waals surface area (Å²) in [4.78, 5) is 8.12. The molecule has 0 bridgehead atoms. The lowest BCUT2D eigenvalue weighted by Gasteiger charge is -2.10. The molecule has 3 aromatic rings. The molecule has 2 N–H and O–H groups in total. The standard InChI is InChI=1S/C19H22FN3/c1-4-5-15-11-22-19(17-12(2)13(3)23-18(15)17)21-10-14-6-8-16(20)9-7-14/h6-9,11,23H,4-5,10H2,1-3H3,(H,21,22). The minimum absolute atomic E-state index is 0.213. The number of anilines is 1. The smallest absolute Gasteiger partial charge is 0.135 e. The highest BCUT2D eigenvalue weighted by molar-refractivity contribution is 5.95.